The minimum absolute atomic E-state index is 0. The Labute approximate surface area is 164 Å². The van der Waals surface area contributed by atoms with E-state index in [2.05, 4.69) is 15.6 Å². The number of ether oxygens (including phenoxy) is 2. The van der Waals surface area contributed by atoms with Gasteiger partial charge in [0.15, 0.2) is 0 Å². The van der Waals surface area contributed by atoms with Crippen molar-refractivity contribution in [3.63, 3.8) is 0 Å². The van der Waals surface area contributed by atoms with Gasteiger partial charge in [-0.3, -0.25) is 10.1 Å². The zero-order valence-corrected chi connectivity index (χ0v) is 16.3. The summed E-state index contributed by atoms with van der Waals surface area (Å²) in [6.07, 6.45) is 1.04. The molecule has 0 aliphatic carbocycles. The third kappa shape index (κ3) is 4.65. The van der Waals surface area contributed by atoms with Crippen molar-refractivity contribution in [3.05, 3.63) is 47.8 Å². The molecule has 1 aromatic heterocycles. The molecule has 8 nitrogen and oxygen atoms in total. The number of hydrogen-bond donors (Lipinski definition) is 2. The summed E-state index contributed by atoms with van der Waals surface area (Å²) in [4.78, 5) is 12.5. The van der Waals surface area contributed by atoms with Crippen molar-refractivity contribution in [1.29, 1.82) is 0 Å². The molecule has 0 saturated carbocycles. The van der Waals surface area contributed by atoms with Gasteiger partial charge in [-0.25, -0.2) is 4.68 Å². The topological polar surface area (TPSA) is 98.5 Å². The van der Waals surface area contributed by atoms with Crippen LogP contribution >= 0.6 is 12.4 Å². The van der Waals surface area contributed by atoms with E-state index in [0.29, 0.717) is 12.2 Å². The molecule has 1 aromatic carbocycles. The van der Waals surface area contributed by atoms with E-state index in [9.17, 15) is 9.90 Å². The van der Waals surface area contributed by atoms with Crippen molar-refractivity contribution in [1.82, 2.24) is 20.3 Å². The number of nitrogens with zero attached hydrogens (tertiary/aromatic N) is 3. The van der Waals surface area contributed by atoms with E-state index < -0.39 is 17.7 Å². The summed E-state index contributed by atoms with van der Waals surface area (Å²) < 4.78 is 12.6. The normalized spacial score (nSPS) is 22.3. The number of rotatable bonds is 6. The van der Waals surface area contributed by atoms with E-state index in [4.69, 9.17) is 9.47 Å². The Morgan fingerprint density at radius 3 is 2.70 bits per heavy atom. The largest absolute Gasteiger partial charge is 0.460 e. The zero-order valence-electron chi connectivity index (χ0n) is 15.5. The SMILES string of the molecule is CO[C@@H]1[C@@H](C(=O)OCc2ccccc2)NC[C@H]1n1nncc1C(C)(C)O.Cl. The van der Waals surface area contributed by atoms with Crippen LogP contribution in [0.1, 0.15) is 31.1 Å². The molecule has 2 aromatic rings. The second-order valence-electron chi connectivity index (χ2n) is 6.87. The molecule has 1 saturated heterocycles. The van der Waals surface area contributed by atoms with E-state index in [0.717, 1.165) is 5.56 Å². The van der Waals surface area contributed by atoms with E-state index >= 15 is 0 Å². The van der Waals surface area contributed by atoms with Gasteiger partial charge in [0.2, 0.25) is 0 Å². The number of aliphatic hydroxyl groups is 1. The molecule has 27 heavy (non-hydrogen) atoms. The van der Waals surface area contributed by atoms with Crippen LogP contribution in [0.3, 0.4) is 0 Å². The second-order valence-corrected chi connectivity index (χ2v) is 6.87. The smallest absolute Gasteiger partial charge is 0.326 e. The van der Waals surface area contributed by atoms with E-state index in [1.54, 1.807) is 25.6 Å². The Morgan fingerprint density at radius 2 is 2.07 bits per heavy atom. The molecule has 0 radical (unpaired) electrons. The molecule has 148 valence electrons. The molecular weight excluding hydrogens is 372 g/mol. The summed E-state index contributed by atoms with van der Waals surface area (Å²) in [7, 11) is 1.54. The number of aromatic nitrogens is 3. The number of carbonyl (C=O) groups is 1. The molecule has 0 bridgehead atoms. The van der Waals surface area contributed by atoms with Crippen molar-refractivity contribution in [3.8, 4) is 0 Å². The van der Waals surface area contributed by atoms with Crippen LogP contribution < -0.4 is 5.32 Å². The first-order valence-electron chi connectivity index (χ1n) is 8.51. The second kappa shape index (κ2) is 8.79. The van der Waals surface area contributed by atoms with E-state index in [1.807, 2.05) is 30.3 Å². The summed E-state index contributed by atoms with van der Waals surface area (Å²) in [5, 5.41) is 21.4. The van der Waals surface area contributed by atoms with Crippen molar-refractivity contribution in [2.75, 3.05) is 13.7 Å². The highest BCUT2D eigenvalue weighted by Crippen LogP contribution is 2.28. The summed E-state index contributed by atoms with van der Waals surface area (Å²) >= 11 is 0. The molecule has 3 rings (SSSR count). The third-order valence-corrected chi connectivity index (χ3v) is 4.52. The van der Waals surface area contributed by atoms with Gasteiger partial charge in [0.1, 0.15) is 24.4 Å². The van der Waals surface area contributed by atoms with Gasteiger partial charge in [-0.15, -0.1) is 17.5 Å². The van der Waals surface area contributed by atoms with Crippen molar-refractivity contribution >= 4 is 18.4 Å². The molecule has 0 spiro atoms. The summed E-state index contributed by atoms with van der Waals surface area (Å²) in [5.74, 6) is -0.381. The van der Waals surface area contributed by atoms with Crippen LogP contribution in [0, 0.1) is 0 Å². The molecule has 9 heteroatoms. The fourth-order valence-electron chi connectivity index (χ4n) is 3.18. The van der Waals surface area contributed by atoms with Gasteiger partial charge in [-0.2, -0.15) is 0 Å². The van der Waals surface area contributed by atoms with Crippen molar-refractivity contribution in [2.45, 2.75) is 44.2 Å². The molecule has 2 heterocycles. The lowest BCUT2D eigenvalue weighted by atomic mass is 10.0. The number of carbonyl (C=O) groups excluding carboxylic acids is 1. The summed E-state index contributed by atoms with van der Waals surface area (Å²) in [6, 6.07) is 8.61. The number of hydrogen-bond acceptors (Lipinski definition) is 7. The number of esters is 1. The van der Waals surface area contributed by atoms with Gasteiger partial charge >= 0.3 is 5.97 Å². The first-order chi connectivity index (χ1) is 12.4. The number of benzene rings is 1. The van der Waals surface area contributed by atoms with Gasteiger partial charge in [-0.05, 0) is 19.4 Å². The molecule has 0 amide bonds. The van der Waals surface area contributed by atoms with Crippen LogP contribution in [-0.4, -0.2) is 51.9 Å². The predicted molar refractivity (Wildman–Crippen MR) is 100 cm³/mol. The van der Waals surface area contributed by atoms with E-state index in [1.165, 1.54) is 6.20 Å². The Morgan fingerprint density at radius 1 is 1.37 bits per heavy atom. The number of methoxy groups -OCH3 is 1. The van der Waals surface area contributed by atoms with Gasteiger partial charge in [0, 0.05) is 13.7 Å². The Hall–Kier alpha value is -2.00. The first-order valence-corrected chi connectivity index (χ1v) is 8.51. The van der Waals surface area contributed by atoms with Crippen LogP contribution in [0.5, 0.6) is 0 Å². The summed E-state index contributed by atoms with van der Waals surface area (Å²) in [6.45, 7) is 3.99. The highest BCUT2D eigenvalue weighted by atomic mass is 35.5. The zero-order chi connectivity index (χ0) is 18.7. The Bertz CT molecular complexity index is 747. The fourth-order valence-corrected chi connectivity index (χ4v) is 3.18. The fraction of sp³-hybridized carbons (Fsp3) is 0.500. The monoisotopic (exact) mass is 396 g/mol. The van der Waals surface area contributed by atoms with Crippen LogP contribution in [0.2, 0.25) is 0 Å². The maximum absolute atomic E-state index is 12.5. The number of nitrogens with one attached hydrogen (secondary N) is 1. The minimum Gasteiger partial charge on any atom is -0.460 e. The molecule has 1 aliphatic heterocycles. The van der Waals surface area contributed by atoms with Crippen LogP contribution in [-0.2, 0) is 26.5 Å². The maximum atomic E-state index is 12.5. The highest BCUT2D eigenvalue weighted by molar-refractivity contribution is 5.85. The third-order valence-electron chi connectivity index (χ3n) is 4.52. The quantitative estimate of drug-likeness (QED) is 0.708. The van der Waals surface area contributed by atoms with Crippen LogP contribution in [0.15, 0.2) is 36.5 Å². The molecule has 2 N–H and O–H groups in total. The highest BCUT2D eigenvalue weighted by Gasteiger charge is 2.44. The molecule has 3 atom stereocenters. The minimum atomic E-state index is -1.10. The predicted octanol–water partition coefficient (Wildman–Crippen LogP) is 1.20. The standard InChI is InChI=1S/C18H24N4O4.ClH/c1-18(2,24)14-10-20-21-22(14)13-9-19-15(16(13)25-3)17(23)26-11-12-7-5-4-6-8-12;/h4-8,10,13,15-16,19,24H,9,11H2,1-3H3;1H/t13-,15+,16+;/m1./s1. The summed E-state index contributed by atoms with van der Waals surface area (Å²) in [5.41, 5.74) is 0.378. The molecule has 1 fully saturated rings. The maximum Gasteiger partial charge on any atom is 0.326 e. The average molecular weight is 397 g/mol. The van der Waals surface area contributed by atoms with Gasteiger partial charge < -0.3 is 14.6 Å². The van der Waals surface area contributed by atoms with Crippen molar-refractivity contribution in [2.24, 2.45) is 0 Å². The van der Waals surface area contributed by atoms with Gasteiger partial charge in [-0.1, -0.05) is 35.5 Å². The van der Waals surface area contributed by atoms with Crippen LogP contribution in [0.25, 0.3) is 0 Å². The first kappa shape index (κ1) is 21.3. The average Bonchev–Trinajstić information content (AvgIpc) is 3.26. The van der Waals surface area contributed by atoms with Gasteiger partial charge in [0.25, 0.3) is 0 Å². The Kier molecular flexibility index (Phi) is 6.94. The molecule has 1 aliphatic rings. The lowest BCUT2D eigenvalue weighted by molar-refractivity contribution is -0.150. The van der Waals surface area contributed by atoms with Crippen LogP contribution in [0.4, 0.5) is 0 Å². The molecule has 0 unspecified atom stereocenters. The molecular formula is C18H25ClN4O4. The Balaban J connectivity index is 0.00000261. The lowest BCUT2D eigenvalue weighted by Gasteiger charge is -2.25. The van der Waals surface area contributed by atoms with E-state index in [-0.39, 0.29) is 31.0 Å². The van der Waals surface area contributed by atoms with Crippen molar-refractivity contribution < 1.29 is 19.4 Å². The number of halogens is 1. The van der Waals surface area contributed by atoms with Gasteiger partial charge in [0.05, 0.1) is 17.9 Å². The lowest BCUT2D eigenvalue weighted by Crippen LogP contribution is -2.42.